The van der Waals surface area contributed by atoms with E-state index in [0.29, 0.717) is 24.5 Å². The average Bonchev–Trinajstić information content (AvgIpc) is 3.27. The van der Waals surface area contributed by atoms with Crippen LogP contribution in [0.5, 0.6) is 0 Å². The molecule has 2 N–H and O–H groups in total. The summed E-state index contributed by atoms with van der Waals surface area (Å²) in [6, 6.07) is 6.06. The molecule has 0 radical (unpaired) electrons. The SMILES string of the molecule is CC(=O)Nc1ccc(NC(=O)c2cc(S(=O)(=O)N3CCCC3)cn2C)c(Cl)c1. The number of aromatic nitrogens is 1. The van der Waals surface area contributed by atoms with Gasteiger partial charge in [-0.1, -0.05) is 11.6 Å². The van der Waals surface area contributed by atoms with Crippen molar-refractivity contribution >= 4 is 44.8 Å². The molecular formula is C18H21ClN4O4S. The Morgan fingerprint density at radius 1 is 1.11 bits per heavy atom. The second-order valence-corrected chi connectivity index (χ2v) is 8.96. The molecule has 0 bridgehead atoms. The Kier molecular flexibility index (Phi) is 5.78. The van der Waals surface area contributed by atoms with Crippen LogP contribution in [-0.4, -0.2) is 42.2 Å². The largest absolute Gasteiger partial charge is 0.345 e. The minimum Gasteiger partial charge on any atom is -0.345 e. The van der Waals surface area contributed by atoms with Crippen molar-refractivity contribution in [2.24, 2.45) is 7.05 Å². The zero-order valence-electron chi connectivity index (χ0n) is 15.5. The van der Waals surface area contributed by atoms with E-state index in [-0.39, 0.29) is 21.5 Å². The summed E-state index contributed by atoms with van der Waals surface area (Å²) in [4.78, 5) is 23.8. The van der Waals surface area contributed by atoms with Crippen LogP contribution in [-0.2, 0) is 21.9 Å². The highest BCUT2D eigenvalue weighted by Crippen LogP contribution is 2.27. The van der Waals surface area contributed by atoms with Crippen LogP contribution in [0, 0.1) is 0 Å². The van der Waals surface area contributed by atoms with Crippen LogP contribution in [0.2, 0.25) is 5.02 Å². The van der Waals surface area contributed by atoms with Gasteiger partial charge in [-0.2, -0.15) is 4.31 Å². The molecular weight excluding hydrogens is 404 g/mol. The molecule has 28 heavy (non-hydrogen) atoms. The highest BCUT2D eigenvalue weighted by Gasteiger charge is 2.29. The fourth-order valence-corrected chi connectivity index (χ4v) is 4.88. The third-order valence-electron chi connectivity index (χ3n) is 4.45. The molecule has 1 aliphatic rings. The quantitative estimate of drug-likeness (QED) is 0.770. The van der Waals surface area contributed by atoms with Gasteiger partial charge in [0.2, 0.25) is 15.9 Å². The van der Waals surface area contributed by atoms with Crippen LogP contribution in [0.4, 0.5) is 11.4 Å². The molecule has 3 rings (SSSR count). The summed E-state index contributed by atoms with van der Waals surface area (Å²) in [5, 5.41) is 5.52. The van der Waals surface area contributed by atoms with Crippen LogP contribution in [0.25, 0.3) is 0 Å². The van der Waals surface area contributed by atoms with E-state index in [0.717, 1.165) is 12.8 Å². The van der Waals surface area contributed by atoms with Crippen molar-refractivity contribution < 1.29 is 18.0 Å². The van der Waals surface area contributed by atoms with E-state index in [2.05, 4.69) is 10.6 Å². The fourth-order valence-electron chi connectivity index (χ4n) is 3.06. The number of sulfonamides is 1. The van der Waals surface area contributed by atoms with Crippen molar-refractivity contribution in [2.45, 2.75) is 24.7 Å². The van der Waals surface area contributed by atoms with Crippen LogP contribution in [0.3, 0.4) is 0 Å². The average molecular weight is 425 g/mol. The van der Waals surface area contributed by atoms with Gasteiger partial charge in [-0.05, 0) is 37.1 Å². The van der Waals surface area contributed by atoms with Gasteiger partial charge in [0.25, 0.3) is 5.91 Å². The van der Waals surface area contributed by atoms with Crippen molar-refractivity contribution in [3.8, 4) is 0 Å². The summed E-state index contributed by atoms with van der Waals surface area (Å²) in [7, 11) is -2.00. The zero-order valence-corrected chi connectivity index (χ0v) is 17.1. The number of amides is 2. The number of nitrogens with one attached hydrogen (secondary N) is 2. The second-order valence-electron chi connectivity index (χ2n) is 6.61. The Hall–Kier alpha value is -2.36. The molecule has 0 unspecified atom stereocenters. The number of carbonyl (C=O) groups excluding carboxylic acids is 2. The fraction of sp³-hybridized carbons (Fsp3) is 0.333. The van der Waals surface area contributed by atoms with E-state index in [4.69, 9.17) is 11.6 Å². The summed E-state index contributed by atoms with van der Waals surface area (Å²) in [6.07, 6.45) is 3.11. The first-order valence-corrected chi connectivity index (χ1v) is 10.6. The number of aryl methyl sites for hydroxylation is 1. The van der Waals surface area contributed by atoms with Crippen molar-refractivity contribution in [1.29, 1.82) is 0 Å². The van der Waals surface area contributed by atoms with E-state index in [9.17, 15) is 18.0 Å². The first kappa shape index (κ1) is 20.4. The Bertz CT molecular complexity index is 1030. The summed E-state index contributed by atoms with van der Waals surface area (Å²) >= 11 is 6.17. The molecule has 0 spiro atoms. The normalized spacial score (nSPS) is 14.8. The van der Waals surface area contributed by atoms with Gasteiger partial charge in [-0.25, -0.2) is 8.42 Å². The van der Waals surface area contributed by atoms with Crippen molar-refractivity contribution in [1.82, 2.24) is 8.87 Å². The van der Waals surface area contributed by atoms with Crippen molar-refractivity contribution in [3.05, 3.63) is 41.2 Å². The summed E-state index contributed by atoms with van der Waals surface area (Å²) in [5.41, 5.74) is 1.05. The van der Waals surface area contributed by atoms with Gasteiger partial charge in [0.15, 0.2) is 0 Å². The molecule has 1 saturated heterocycles. The molecule has 1 fully saturated rings. The van der Waals surface area contributed by atoms with Gasteiger partial charge in [0.05, 0.1) is 10.7 Å². The lowest BCUT2D eigenvalue weighted by atomic mass is 10.2. The molecule has 2 heterocycles. The molecule has 1 aromatic heterocycles. The minimum atomic E-state index is -3.61. The van der Waals surface area contributed by atoms with Gasteiger partial charge in [-0.15, -0.1) is 0 Å². The van der Waals surface area contributed by atoms with Gasteiger partial charge in [0.1, 0.15) is 10.6 Å². The van der Waals surface area contributed by atoms with Crippen LogP contribution in [0.15, 0.2) is 35.4 Å². The highest BCUT2D eigenvalue weighted by atomic mass is 35.5. The maximum atomic E-state index is 12.7. The van der Waals surface area contributed by atoms with Crippen molar-refractivity contribution in [3.63, 3.8) is 0 Å². The molecule has 1 aliphatic heterocycles. The molecule has 0 saturated carbocycles. The predicted molar refractivity (Wildman–Crippen MR) is 107 cm³/mol. The number of hydrogen-bond acceptors (Lipinski definition) is 4. The van der Waals surface area contributed by atoms with Crippen LogP contribution >= 0.6 is 11.6 Å². The third-order valence-corrected chi connectivity index (χ3v) is 6.63. The van der Waals surface area contributed by atoms with Gasteiger partial charge >= 0.3 is 0 Å². The van der Waals surface area contributed by atoms with Gasteiger partial charge < -0.3 is 15.2 Å². The van der Waals surface area contributed by atoms with Crippen molar-refractivity contribution in [2.75, 3.05) is 23.7 Å². The number of halogens is 1. The van der Waals surface area contributed by atoms with E-state index in [1.807, 2.05) is 0 Å². The van der Waals surface area contributed by atoms with Gasteiger partial charge in [-0.3, -0.25) is 9.59 Å². The maximum absolute atomic E-state index is 12.7. The molecule has 2 aromatic rings. The molecule has 0 atom stereocenters. The van der Waals surface area contributed by atoms with E-state index in [1.165, 1.54) is 34.1 Å². The number of anilines is 2. The monoisotopic (exact) mass is 424 g/mol. The zero-order chi connectivity index (χ0) is 20.5. The van der Waals surface area contributed by atoms with Gasteiger partial charge in [0, 0.05) is 38.9 Å². The lowest BCUT2D eigenvalue weighted by molar-refractivity contribution is -0.114. The number of carbonyl (C=O) groups is 2. The molecule has 150 valence electrons. The summed E-state index contributed by atoms with van der Waals surface area (Å²) in [5.74, 6) is -0.719. The summed E-state index contributed by atoms with van der Waals surface area (Å²) in [6.45, 7) is 2.37. The Morgan fingerprint density at radius 2 is 1.79 bits per heavy atom. The number of hydrogen-bond donors (Lipinski definition) is 2. The second kappa shape index (κ2) is 7.94. The Balaban J connectivity index is 1.80. The summed E-state index contributed by atoms with van der Waals surface area (Å²) < 4.78 is 28.3. The highest BCUT2D eigenvalue weighted by molar-refractivity contribution is 7.89. The Labute approximate surface area is 168 Å². The third kappa shape index (κ3) is 4.21. The van der Waals surface area contributed by atoms with Crippen LogP contribution < -0.4 is 10.6 Å². The number of nitrogens with zero attached hydrogens (tertiary/aromatic N) is 2. The Morgan fingerprint density at radius 3 is 2.39 bits per heavy atom. The lowest BCUT2D eigenvalue weighted by Crippen LogP contribution is -2.27. The molecule has 10 heteroatoms. The first-order chi connectivity index (χ1) is 13.2. The number of rotatable bonds is 5. The topological polar surface area (TPSA) is 101 Å². The van der Waals surface area contributed by atoms with E-state index < -0.39 is 15.9 Å². The first-order valence-electron chi connectivity index (χ1n) is 8.73. The standard InChI is InChI=1S/C18H21ClN4O4S/c1-12(24)20-13-5-6-16(15(19)9-13)21-18(25)17-10-14(11-22(17)2)28(26,27)23-7-3-4-8-23/h5-6,9-11H,3-4,7-8H2,1-2H3,(H,20,24)(H,21,25). The minimum absolute atomic E-state index is 0.0918. The molecule has 1 aromatic carbocycles. The predicted octanol–water partition coefficient (Wildman–Crippen LogP) is 2.67. The van der Waals surface area contributed by atoms with E-state index >= 15 is 0 Å². The van der Waals surface area contributed by atoms with E-state index in [1.54, 1.807) is 19.2 Å². The number of benzene rings is 1. The lowest BCUT2D eigenvalue weighted by Gasteiger charge is -2.13. The smallest absolute Gasteiger partial charge is 0.272 e. The van der Waals surface area contributed by atoms with Crippen LogP contribution in [0.1, 0.15) is 30.3 Å². The molecule has 8 nitrogen and oxygen atoms in total. The maximum Gasteiger partial charge on any atom is 0.272 e. The molecule has 2 amide bonds. The molecule has 0 aliphatic carbocycles.